The Balaban J connectivity index is 1.49. The Bertz CT molecular complexity index is 1340. The highest BCUT2D eigenvalue weighted by Gasteiger charge is 2.24. The van der Waals surface area contributed by atoms with E-state index in [2.05, 4.69) is 11.0 Å². The number of rotatable bonds is 7. The maximum Gasteiger partial charge on any atom is 0.257 e. The van der Waals surface area contributed by atoms with Crippen LogP contribution in [0.5, 0.6) is 0 Å². The summed E-state index contributed by atoms with van der Waals surface area (Å²) in [6.45, 7) is 2.13. The molecule has 2 aromatic carbocycles. The zero-order chi connectivity index (χ0) is 25.1. The van der Waals surface area contributed by atoms with Gasteiger partial charge in [0.1, 0.15) is 17.9 Å². The van der Waals surface area contributed by atoms with Gasteiger partial charge in [-0.3, -0.25) is 4.79 Å². The second-order valence-electron chi connectivity index (χ2n) is 9.14. The Kier molecular flexibility index (Phi) is 7.20. The second kappa shape index (κ2) is 10.7. The van der Waals surface area contributed by atoms with E-state index in [0.29, 0.717) is 56.0 Å². The van der Waals surface area contributed by atoms with Gasteiger partial charge in [-0.1, -0.05) is 29.8 Å². The number of fused-ring (bicyclic) bond motifs is 1. The van der Waals surface area contributed by atoms with Gasteiger partial charge >= 0.3 is 0 Å². The number of hydrogen-bond acceptors (Lipinski definition) is 5. The van der Waals surface area contributed by atoms with E-state index in [-0.39, 0.29) is 17.8 Å². The summed E-state index contributed by atoms with van der Waals surface area (Å²) in [5.74, 6) is 0.356. The van der Waals surface area contributed by atoms with Crippen LogP contribution in [0.2, 0.25) is 5.02 Å². The molecule has 1 amide bonds. The maximum atomic E-state index is 13.4. The van der Waals surface area contributed by atoms with Crippen LogP contribution in [0, 0.1) is 5.82 Å². The lowest BCUT2D eigenvalue weighted by Gasteiger charge is -2.33. The number of carbonyl (C=O) groups excluding carboxylic acids is 1. The van der Waals surface area contributed by atoms with Crippen molar-refractivity contribution in [2.24, 2.45) is 0 Å². The number of aromatic nitrogens is 1. The van der Waals surface area contributed by atoms with Gasteiger partial charge in [0.15, 0.2) is 0 Å². The highest BCUT2D eigenvalue weighted by Crippen LogP contribution is 2.29. The molecule has 0 atom stereocenters. The Morgan fingerprint density at radius 1 is 1.14 bits per heavy atom. The molecular weight excluding hydrogens is 481 g/mol. The van der Waals surface area contributed by atoms with E-state index >= 15 is 0 Å². The molecule has 6 nitrogen and oxygen atoms in total. The molecule has 5 rings (SSSR count). The molecule has 1 fully saturated rings. The molecule has 2 aromatic heterocycles. The van der Waals surface area contributed by atoms with Crippen LogP contribution in [0.15, 0.2) is 71.5 Å². The molecule has 1 aliphatic heterocycles. The number of piperidine rings is 1. The minimum Gasteiger partial charge on any atom is -0.472 e. The van der Waals surface area contributed by atoms with Crippen molar-refractivity contribution in [2.75, 3.05) is 24.5 Å². The number of aliphatic hydroxyl groups is 1. The smallest absolute Gasteiger partial charge is 0.257 e. The lowest BCUT2D eigenvalue weighted by Crippen LogP contribution is -2.38. The fourth-order valence-electron chi connectivity index (χ4n) is 4.58. The Morgan fingerprint density at radius 3 is 2.64 bits per heavy atom. The van der Waals surface area contributed by atoms with Gasteiger partial charge in [0.05, 0.1) is 23.4 Å². The molecule has 0 bridgehead atoms. The predicted octanol–water partition coefficient (Wildman–Crippen LogP) is 5.47. The van der Waals surface area contributed by atoms with Crippen molar-refractivity contribution >= 4 is 34.2 Å². The van der Waals surface area contributed by atoms with E-state index in [1.165, 1.54) is 24.7 Å². The van der Waals surface area contributed by atoms with Crippen molar-refractivity contribution in [1.29, 1.82) is 0 Å². The lowest BCUT2D eigenvalue weighted by molar-refractivity contribution is 0.0744. The number of pyridine rings is 1. The van der Waals surface area contributed by atoms with Crippen LogP contribution in [0.3, 0.4) is 0 Å². The molecule has 1 aliphatic rings. The number of furan rings is 1. The Morgan fingerprint density at radius 2 is 1.92 bits per heavy atom. The topological polar surface area (TPSA) is 69.8 Å². The summed E-state index contributed by atoms with van der Waals surface area (Å²) in [7, 11) is 0. The van der Waals surface area contributed by atoms with Gasteiger partial charge in [0.25, 0.3) is 5.91 Å². The monoisotopic (exact) mass is 507 g/mol. The maximum absolute atomic E-state index is 13.4. The molecular formula is C28H27ClFN3O3. The van der Waals surface area contributed by atoms with E-state index in [1.807, 2.05) is 18.2 Å². The van der Waals surface area contributed by atoms with Gasteiger partial charge in [-0.2, -0.15) is 0 Å². The minimum atomic E-state index is -0.311. The predicted molar refractivity (Wildman–Crippen MR) is 138 cm³/mol. The molecule has 0 aliphatic carbocycles. The first-order valence-electron chi connectivity index (χ1n) is 12.0. The fourth-order valence-corrected chi connectivity index (χ4v) is 4.75. The van der Waals surface area contributed by atoms with E-state index < -0.39 is 0 Å². The van der Waals surface area contributed by atoms with Crippen molar-refractivity contribution in [2.45, 2.75) is 31.9 Å². The molecule has 8 heteroatoms. The second-order valence-corrected chi connectivity index (χ2v) is 9.58. The van der Waals surface area contributed by atoms with Gasteiger partial charge in [-0.15, -0.1) is 0 Å². The van der Waals surface area contributed by atoms with Crippen molar-refractivity contribution < 1.29 is 18.7 Å². The van der Waals surface area contributed by atoms with Crippen molar-refractivity contribution in [3.63, 3.8) is 0 Å². The average molecular weight is 508 g/mol. The van der Waals surface area contributed by atoms with Crippen LogP contribution in [0.4, 0.5) is 10.2 Å². The molecule has 1 saturated heterocycles. The molecule has 186 valence electrons. The van der Waals surface area contributed by atoms with E-state index in [9.17, 15) is 14.3 Å². The average Bonchev–Trinajstić information content (AvgIpc) is 3.42. The van der Waals surface area contributed by atoms with Gasteiger partial charge in [-0.25, -0.2) is 9.37 Å². The number of nitrogens with zero attached hydrogens (tertiary/aromatic N) is 3. The van der Waals surface area contributed by atoms with Gasteiger partial charge in [-0.05, 0) is 61.2 Å². The molecule has 36 heavy (non-hydrogen) atoms. The van der Waals surface area contributed by atoms with Crippen LogP contribution in [0.25, 0.3) is 10.9 Å². The number of anilines is 1. The molecule has 0 unspecified atom stereocenters. The lowest BCUT2D eigenvalue weighted by atomic mass is 10.1. The number of aliphatic hydroxyl groups excluding tert-OH is 1. The van der Waals surface area contributed by atoms with Crippen molar-refractivity contribution in [1.82, 2.24) is 9.88 Å². The fraction of sp³-hybridized carbons (Fsp3) is 0.286. The van der Waals surface area contributed by atoms with E-state index in [1.54, 1.807) is 23.1 Å². The normalized spacial score (nSPS) is 14.4. The first-order valence-corrected chi connectivity index (χ1v) is 12.4. The van der Waals surface area contributed by atoms with E-state index in [4.69, 9.17) is 21.0 Å². The summed E-state index contributed by atoms with van der Waals surface area (Å²) in [5.41, 5.74) is 3.11. The van der Waals surface area contributed by atoms with Crippen molar-refractivity contribution in [3.8, 4) is 0 Å². The number of carbonyl (C=O) groups is 1. The molecule has 0 spiro atoms. The number of halogens is 2. The first kappa shape index (κ1) is 24.3. The van der Waals surface area contributed by atoms with E-state index in [0.717, 1.165) is 27.8 Å². The standard InChI is InChI=1S/C28H27ClFN3O3/c29-23-4-3-20-15-22(27(31-26(20)16-23)32-12-8-25(34)9-13-32)17-33(28(35)21-10-14-36-18-21)11-7-19-1-5-24(30)6-2-19/h1-6,10,14-16,18,25,34H,7-9,11-13,17H2. The Labute approximate surface area is 213 Å². The first-order chi connectivity index (χ1) is 17.5. The van der Waals surface area contributed by atoms with Crippen LogP contribution in [0.1, 0.15) is 34.3 Å². The van der Waals surface area contributed by atoms with Crippen LogP contribution >= 0.6 is 11.6 Å². The van der Waals surface area contributed by atoms with Gasteiger partial charge in [0.2, 0.25) is 0 Å². The zero-order valence-electron chi connectivity index (χ0n) is 19.7. The van der Waals surface area contributed by atoms with Crippen LogP contribution in [-0.4, -0.2) is 46.6 Å². The minimum absolute atomic E-state index is 0.151. The summed E-state index contributed by atoms with van der Waals surface area (Å²) < 4.78 is 18.5. The third-order valence-corrected chi connectivity index (χ3v) is 6.84. The molecule has 3 heterocycles. The number of hydrogen-bond donors (Lipinski definition) is 1. The van der Waals surface area contributed by atoms with Gasteiger partial charge in [0, 0.05) is 42.2 Å². The summed E-state index contributed by atoms with van der Waals surface area (Å²) in [6.07, 6.45) is 4.52. The summed E-state index contributed by atoms with van der Waals surface area (Å²) >= 11 is 6.24. The van der Waals surface area contributed by atoms with Gasteiger partial charge < -0.3 is 19.3 Å². The molecule has 1 N–H and O–H groups in total. The number of benzene rings is 2. The SMILES string of the molecule is O=C(c1ccoc1)N(CCc1ccc(F)cc1)Cc1cc2ccc(Cl)cc2nc1N1CCC(O)CC1. The molecule has 0 saturated carbocycles. The van der Waals surface area contributed by atoms with Crippen LogP contribution in [-0.2, 0) is 13.0 Å². The highest BCUT2D eigenvalue weighted by atomic mass is 35.5. The largest absolute Gasteiger partial charge is 0.472 e. The highest BCUT2D eigenvalue weighted by molar-refractivity contribution is 6.31. The summed E-state index contributed by atoms with van der Waals surface area (Å²) in [5, 5.41) is 11.6. The quantitative estimate of drug-likeness (QED) is 0.359. The summed E-state index contributed by atoms with van der Waals surface area (Å²) in [4.78, 5) is 22.3. The third kappa shape index (κ3) is 5.53. The number of amides is 1. The Hall–Kier alpha value is -3.42. The van der Waals surface area contributed by atoms with Crippen molar-refractivity contribution in [3.05, 3.63) is 94.7 Å². The van der Waals surface area contributed by atoms with Crippen LogP contribution < -0.4 is 4.90 Å². The summed E-state index contributed by atoms with van der Waals surface area (Å²) in [6, 6.07) is 15.6. The molecule has 0 radical (unpaired) electrons. The zero-order valence-corrected chi connectivity index (χ0v) is 20.5. The molecule has 4 aromatic rings. The third-order valence-electron chi connectivity index (χ3n) is 6.60.